The van der Waals surface area contributed by atoms with E-state index in [0.717, 1.165) is 11.5 Å². The van der Waals surface area contributed by atoms with Crippen molar-refractivity contribution in [2.45, 2.75) is 50.9 Å². The van der Waals surface area contributed by atoms with E-state index >= 15 is 0 Å². The lowest BCUT2D eigenvalue weighted by Gasteiger charge is -2.32. The van der Waals surface area contributed by atoms with E-state index in [0.29, 0.717) is 12.4 Å². The van der Waals surface area contributed by atoms with Gasteiger partial charge in [0.25, 0.3) is 0 Å². The van der Waals surface area contributed by atoms with Gasteiger partial charge >= 0.3 is 6.18 Å². The van der Waals surface area contributed by atoms with Crippen LogP contribution in [0, 0.1) is 0 Å². The Balaban J connectivity index is 1.65. The number of piperidine rings is 1. The second kappa shape index (κ2) is 8.71. The monoisotopic (exact) mass is 469 g/mol. The Morgan fingerprint density at radius 2 is 1.94 bits per heavy atom. The van der Waals surface area contributed by atoms with Crippen LogP contribution in [0.5, 0.6) is 0 Å². The number of anilines is 3. The summed E-state index contributed by atoms with van der Waals surface area (Å²) in [5.41, 5.74) is 0.351. The third-order valence-corrected chi connectivity index (χ3v) is 5.53. The average Bonchev–Trinajstić information content (AvgIpc) is 3.13. The minimum Gasteiger partial charge on any atom is -0.390 e. The molecule has 1 fully saturated rings. The Morgan fingerprint density at radius 1 is 1.18 bits per heavy atom. The van der Waals surface area contributed by atoms with Gasteiger partial charge in [-0.25, -0.2) is 19.3 Å². The van der Waals surface area contributed by atoms with E-state index < -0.39 is 30.6 Å². The van der Waals surface area contributed by atoms with Gasteiger partial charge in [-0.15, -0.1) is 0 Å². The van der Waals surface area contributed by atoms with E-state index in [2.05, 4.69) is 25.3 Å². The van der Waals surface area contributed by atoms with Crippen LogP contribution in [0.4, 0.5) is 35.1 Å². The van der Waals surface area contributed by atoms with E-state index in [-0.39, 0.29) is 41.6 Å². The third kappa shape index (κ3) is 4.69. The first-order valence-electron chi connectivity index (χ1n) is 10.3. The maximum Gasteiger partial charge on any atom is 0.408 e. The number of alkyl halides is 4. The fourth-order valence-corrected chi connectivity index (χ4v) is 3.71. The van der Waals surface area contributed by atoms with Crippen molar-refractivity contribution in [1.29, 1.82) is 0 Å². The molecule has 1 saturated heterocycles. The minimum atomic E-state index is -4.55. The van der Waals surface area contributed by atoms with Crippen LogP contribution in [-0.2, 0) is 0 Å². The van der Waals surface area contributed by atoms with E-state index in [4.69, 9.17) is 0 Å². The van der Waals surface area contributed by atoms with Crippen molar-refractivity contribution in [3.63, 3.8) is 0 Å². The summed E-state index contributed by atoms with van der Waals surface area (Å²) in [6, 6.07) is 1.02. The van der Waals surface area contributed by atoms with Crippen molar-refractivity contribution < 1.29 is 27.8 Å². The summed E-state index contributed by atoms with van der Waals surface area (Å²) in [5, 5.41) is 22.5. The van der Waals surface area contributed by atoms with Crippen LogP contribution in [-0.4, -0.2) is 66.3 Å². The highest BCUT2D eigenvalue weighted by molar-refractivity contribution is 5.79. The van der Waals surface area contributed by atoms with Crippen molar-refractivity contribution >= 4 is 28.6 Å². The summed E-state index contributed by atoms with van der Waals surface area (Å²) in [6.07, 6.45) is -5.19. The van der Waals surface area contributed by atoms with Gasteiger partial charge in [-0.1, -0.05) is 0 Å². The summed E-state index contributed by atoms with van der Waals surface area (Å²) in [7, 11) is 0. The van der Waals surface area contributed by atoms with E-state index in [9.17, 15) is 27.8 Å². The van der Waals surface area contributed by atoms with Gasteiger partial charge in [-0.05, 0) is 26.3 Å². The number of aromatic nitrogens is 5. The molecule has 0 aliphatic carbocycles. The Hall–Kier alpha value is -3.06. The maximum absolute atomic E-state index is 13.9. The van der Waals surface area contributed by atoms with Gasteiger partial charge in [-0.3, -0.25) is 0 Å². The molecule has 0 spiro atoms. The van der Waals surface area contributed by atoms with Crippen molar-refractivity contribution in [3.05, 3.63) is 30.4 Å². The van der Waals surface area contributed by atoms with Crippen LogP contribution in [0.1, 0.15) is 38.2 Å². The summed E-state index contributed by atoms with van der Waals surface area (Å²) in [5.74, 6) is 0.644. The SMILES string of the molecule is C[C@H](O)c1nc2cnc(Nc3ccnc(N4CC[C@H](O)[C@H](F)C4)n3)cc2n1[C@@H](C)C(F)(F)F. The third-order valence-electron chi connectivity index (χ3n) is 5.53. The number of nitrogens with zero attached hydrogens (tertiary/aromatic N) is 6. The number of pyridine rings is 1. The standard InChI is InChI=1S/C20H23F4N7O2/c1-10(32)18-27-13-8-26-17(7-14(13)31(18)11(2)20(22,23)24)28-16-3-5-25-19(29-16)30-6-4-15(33)12(21)9-30/h3,5,7-8,10-12,15,32-33H,4,6,9H2,1-2H3,(H,25,26,28,29)/t10-,11-,12+,15-/m0/s1. The highest BCUT2D eigenvalue weighted by Gasteiger charge is 2.40. The zero-order valence-electron chi connectivity index (χ0n) is 17.8. The molecule has 4 heterocycles. The fraction of sp³-hybridized carbons (Fsp3) is 0.500. The second-order valence-electron chi connectivity index (χ2n) is 7.98. The normalized spacial score (nSPS) is 21.3. The van der Waals surface area contributed by atoms with E-state index in [1.165, 1.54) is 31.5 Å². The lowest BCUT2D eigenvalue weighted by Crippen LogP contribution is -2.45. The van der Waals surface area contributed by atoms with Crippen LogP contribution >= 0.6 is 0 Å². The fourth-order valence-electron chi connectivity index (χ4n) is 3.71. The molecule has 4 atom stereocenters. The summed E-state index contributed by atoms with van der Waals surface area (Å²) < 4.78 is 55.3. The van der Waals surface area contributed by atoms with Crippen LogP contribution in [0.2, 0.25) is 0 Å². The zero-order valence-corrected chi connectivity index (χ0v) is 17.8. The molecule has 0 aromatic carbocycles. The number of aliphatic hydroxyl groups is 2. The largest absolute Gasteiger partial charge is 0.408 e. The molecule has 178 valence electrons. The van der Waals surface area contributed by atoms with Gasteiger partial charge in [0.15, 0.2) is 0 Å². The van der Waals surface area contributed by atoms with Crippen molar-refractivity contribution in [1.82, 2.24) is 24.5 Å². The number of halogens is 4. The van der Waals surface area contributed by atoms with Gasteiger partial charge in [0.1, 0.15) is 41.3 Å². The molecule has 3 aromatic rings. The quantitative estimate of drug-likeness (QED) is 0.489. The van der Waals surface area contributed by atoms with Gasteiger partial charge in [0, 0.05) is 18.8 Å². The molecule has 0 bridgehead atoms. The summed E-state index contributed by atoms with van der Waals surface area (Å²) in [4.78, 5) is 18.4. The van der Waals surface area contributed by atoms with E-state index in [1.54, 1.807) is 4.90 Å². The number of rotatable bonds is 5. The Morgan fingerprint density at radius 3 is 2.61 bits per heavy atom. The first-order valence-corrected chi connectivity index (χ1v) is 10.3. The number of hydrogen-bond donors (Lipinski definition) is 3. The molecule has 33 heavy (non-hydrogen) atoms. The van der Waals surface area contributed by atoms with Gasteiger partial charge in [0.05, 0.1) is 24.4 Å². The number of nitrogens with one attached hydrogen (secondary N) is 1. The highest BCUT2D eigenvalue weighted by Crippen LogP contribution is 2.36. The molecule has 1 aliphatic heterocycles. The van der Waals surface area contributed by atoms with E-state index in [1.807, 2.05) is 0 Å². The van der Waals surface area contributed by atoms with Crippen molar-refractivity contribution in [2.24, 2.45) is 0 Å². The number of aliphatic hydroxyl groups excluding tert-OH is 2. The first-order chi connectivity index (χ1) is 15.5. The van der Waals surface area contributed by atoms with Crippen molar-refractivity contribution in [3.8, 4) is 0 Å². The molecule has 0 unspecified atom stereocenters. The van der Waals surface area contributed by atoms with Crippen molar-refractivity contribution in [2.75, 3.05) is 23.3 Å². The van der Waals surface area contributed by atoms with Crippen LogP contribution < -0.4 is 10.2 Å². The maximum atomic E-state index is 13.9. The predicted octanol–water partition coefficient (Wildman–Crippen LogP) is 3.05. The topological polar surface area (TPSA) is 112 Å². The molecule has 13 heteroatoms. The molecule has 3 aromatic heterocycles. The summed E-state index contributed by atoms with van der Waals surface area (Å²) in [6.45, 7) is 2.67. The number of fused-ring (bicyclic) bond motifs is 1. The Bertz CT molecular complexity index is 1140. The molecule has 9 nitrogen and oxygen atoms in total. The minimum absolute atomic E-state index is 0.0501. The average molecular weight is 469 g/mol. The molecule has 1 aliphatic rings. The molecule has 4 rings (SSSR count). The molecule has 0 saturated carbocycles. The van der Waals surface area contributed by atoms with Gasteiger partial charge in [0.2, 0.25) is 5.95 Å². The Labute approximate surface area is 186 Å². The first kappa shape index (κ1) is 23.1. The lowest BCUT2D eigenvalue weighted by atomic mass is 10.1. The molecular formula is C20H23F4N7O2. The smallest absolute Gasteiger partial charge is 0.390 e. The molecule has 3 N–H and O–H groups in total. The van der Waals surface area contributed by atoms with Gasteiger partial charge in [-0.2, -0.15) is 18.2 Å². The van der Waals surface area contributed by atoms with Crippen LogP contribution in [0.15, 0.2) is 24.5 Å². The zero-order chi connectivity index (χ0) is 23.9. The Kier molecular flexibility index (Phi) is 6.10. The van der Waals surface area contributed by atoms with Gasteiger partial charge < -0.3 is 25.0 Å². The lowest BCUT2D eigenvalue weighted by molar-refractivity contribution is -0.163. The second-order valence-corrected chi connectivity index (χ2v) is 7.98. The number of hydrogen-bond acceptors (Lipinski definition) is 8. The number of imidazole rings is 1. The molecule has 0 amide bonds. The van der Waals surface area contributed by atoms with Crippen LogP contribution in [0.25, 0.3) is 11.0 Å². The predicted molar refractivity (Wildman–Crippen MR) is 112 cm³/mol. The molecular weight excluding hydrogens is 446 g/mol. The summed E-state index contributed by atoms with van der Waals surface area (Å²) >= 11 is 0. The molecule has 0 radical (unpaired) electrons. The van der Waals surface area contributed by atoms with Crippen LogP contribution in [0.3, 0.4) is 0 Å². The highest BCUT2D eigenvalue weighted by atomic mass is 19.4.